The minimum Gasteiger partial charge on any atom is -0.445 e. The number of benzene rings is 1. The smallest absolute Gasteiger partial charge is 0.409 e. The van der Waals surface area contributed by atoms with Gasteiger partial charge in [0, 0.05) is 46.3 Å². The number of amides is 6. The zero-order chi connectivity index (χ0) is 30.2. The van der Waals surface area contributed by atoms with Crippen LogP contribution < -0.4 is 27.0 Å². The molecule has 40 heavy (non-hydrogen) atoms. The zero-order valence-electron chi connectivity index (χ0n) is 24.4. The summed E-state index contributed by atoms with van der Waals surface area (Å²) in [6.45, 7) is 8.84. The van der Waals surface area contributed by atoms with E-state index in [9.17, 15) is 24.0 Å². The van der Waals surface area contributed by atoms with Crippen LogP contribution in [0.3, 0.4) is 0 Å². The summed E-state index contributed by atoms with van der Waals surface area (Å²) in [6.07, 6.45) is 0.202. The summed E-state index contributed by atoms with van der Waals surface area (Å²) in [5, 5.41) is 11.3. The van der Waals surface area contributed by atoms with Crippen molar-refractivity contribution in [2.45, 2.75) is 59.2 Å². The molecule has 0 spiro atoms. The summed E-state index contributed by atoms with van der Waals surface area (Å²) in [5.41, 5.74) is 6.33. The summed E-state index contributed by atoms with van der Waals surface area (Å²) >= 11 is 0. The Morgan fingerprint density at radius 3 is 2.15 bits per heavy atom. The maximum absolute atomic E-state index is 13.1. The fourth-order valence-corrected chi connectivity index (χ4v) is 3.62. The SMILES string of the molecule is CCN[C@H](C(=O)N[C@@H](CCCNC(N)=O)C(=O)Nc1ccc(COC(=O)N(C)CCN(C)C(C)=O)cc1)C(C)C. The Morgan fingerprint density at radius 1 is 0.975 bits per heavy atom. The second-order valence-corrected chi connectivity index (χ2v) is 9.88. The van der Waals surface area contributed by atoms with E-state index in [0.29, 0.717) is 43.7 Å². The van der Waals surface area contributed by atoms with Crippen LogP contribution in [-0.2, 0) is 25.7 Å². The van der Waals surface area contributed by atoms with Crippen LogP contribution >= 0.6 is 0 Å². The molecule has 0 fully saturated rings. The molecule has 13 heteroatoms. The first kappa shape index (κ1) is 34.2. The fourth-order valence-electron chi connectivity index (χ4n) is 3.62. The Balaban J connectivity index is 2.75. The van der Waals surface area contributed by atoms with E-state index >= 15 is 0 Å². The minimum absolute atomic E-state index is 0.0171. The van der Waals surface area contributed by atoms with Crippen molar-refractivity contribution in [3.63, 3.8) is 0 Å². The third-order valence-electron chi connectivity index (χ3n) is 6.18. The predicted octanol–water partition coefficient (Wildman–Crippen LogP) is 1.24. The maximum Gasteiger partial charge on any atom is 0.409 e. The highest BCUT2D eigenvalue weighted by atomic mass is 16.6. The van der Waals surface area contributed by atoms with Gasteiger partial charge in [-0.25, -0.2) is 9.59 Å². The van der Waals surface area contributed by atoms with Gasteiger partial charge in [0.1, 0.15) is 12.6 Å². The number of nitrogens with two attached hydrogens (primary N) is 1. The molecule has 0 aliphatic carbocycles. The van der Waals surface area contributed by atoms with Gasteiger partial charge < -0.3 is 41.5 Å². The number of hydrogen-bond donors (Lipinski definition) is 5. The van der Waals surface area contributed by atoms with Crippen molar-refractivity contribution in [1.29, 1.82) is 0 Å². The number of hydrogen-bond acceptors (Lipinski definition) is 7. The Hall–Kier alpha value is -3.87. The van der Waals surface area contributed by atoms with E-state index in [2.05, 4.69) is 21.3 Å². The van der Waals surface area contributed by atoms with Crippen LogP contribution in [0.15, 0.2) is 24.3 Å². The number of nitrogens with one attached hydrogen (secondary N) is 4. The number of primary amides is 1. The molecule has 0 saturated heterocycles. The molecule has 0 aliphatic rings. The van der Waals surface area contributed by atoms with Crippen LogP contribution in [0.2, 0.25) is 0 Å². The van der Waals surface area contributed by atoms with Gasteiger partial charge in [0.05, 0.1) is 6.04 Å². The first-order valence-electron chi connectivity index (χ1n) is 13.4. The van der Waals surface area contributed by atoms with Crippen LogP contribution in [0.1, 0.15) is 46.1 Å². The number of rotatable bonds is 16. The van der Waals surface area contributed by atoms with Crippen LogP contribution in [0.4, 0.5) is 15.3 Å². The number of carbonyl (C=O) groups is 5. The highest BCUT2D eigenvalue weighted by Gasteiger charge is 2.27. The van der Waals surface area contributed by atoms with E-state index in [1.54, 1.807) is 38.4 Å². The molecule has 0 aliphatic heterocycles. The average Bonchev–Trinajstić information content (AvgIpc) is 2.90. The van der Waals surface area contributed by atoms with Gasteiger partial charge in [-0.3, -0.25) is 14.4 Å². The molecule has 6 N–H and O–H groups in total. The third kappa shape index (κ3) is 12.8. The molecule has 0 heterocycles. The van der Waals surface area contributed by atoms with E-state index in [0.717, 1.165) is 0 Å². The molecule has 0 aromatic heterocycles. The van der Waals surface area contributed by atoms with Gasteiger partial charge in [0.15, 0.2) is 0 Å². The molecule has 0 unspecified atom stereocenters. The van der Waals surface area contributed by atoms with Gasteiger partial charge in [-0.15, -0.1) is 0 Å². The van der Waals surface area contributed by atoms with Crippen molar-refractivity contribution in [1.82, 2.24) is 25.8 Å². The van der Waals surface area contributed by atoms with Gasteiger partial charge in [-0.05, 0) is 43.0 Å². The molecular weight excluding hydrogens is 518 g/mol. The lowest BCUT2D eigenvalue weighted by Crippen LogP contribution is -2.53. The van der Waals surface area contributed by atoms with E-state index < -0.39 is 30.1 Å². The van der Waals surface area contributed by atoms with Crippen molar-refractivity contribution < 1.29 is 28.7 Å². The number of likely N-dealkylation sites (N-methyl/N-ethyl adjacent to an activating group) is 3. The standard InChI is InChI=1S/C27H45N7O6/c1-7-29-23(18(2)3)25(37)32-22(9-8-14-30-26(28)38)24(36)31-21-12-10-20(11-13-21)17-40-27(39)34(6)16-15-33(5)19(4)35/h10-13,18,22-23,29H,7-9,14-17H2,1-6H3,(H,31,36)(H,32,37)(H3,28,30,38)/t22-,23-/m0/s1. The third-order valence-corrected chi connectivity index (χ3v) is 6.18. The van der Waals surface area contributed by atoms with Crippen molar-refractivity contribution in [3.8, 4) is 0 Å². The molecule has 1 aromatic carbocycles. The normalized spacial score (nSPS) is 12.2. The lowest BCUT2D eigenvalue weighted by Gasteiger charge is -2.25. The highest BCUT2D eigenvalue weighted by molar-refractivity contribution is 5.97. The summed E-state index contributed by atoms with van der Waals surface area (Å²) in [7, 11) is 3.25. The van der Waals surface area contributed by atoms with Crippen molar-refractivity contribution in [3.05, 3.63) is 29.8 Å². The summed E-state index contributed by atoms with van der Waals surface area (Å²) < 4.78 is 5.32. The van der Waals surface area contributed by atoms with Crippen LogP contribution in [0.25, 0.3) is 0 Å². The molecule has 6 amide bonds. The van der Waals surface area contributed by atoms with Gasteiger partial charge >= 0.3 is 12.1 Å². The van der Waals surface area contributed by atoms with Crippen molar-refractivity contribution in [2.24, 2.45) is 11.7 Å². The predicted molar refractivity (Wildman–Crippen MR) is 152 cm³/mol. The Kier molecular flexibility index (Phi) is 15.1. The van der Waals surface area contributed by atoms with Crippen molar-refractivity contribution >= 4 is 35.5 Å². The number of anilines is 1. The molecule has 1 aromatic rings. The molecule has 1 rings (SSSR count). The number of carbonyl (C=O) groups excluding carboxylic acids is 5. The first-order chi connectivity index (χ1) is 18.8. The second kappa shape index (κ2) is 17.7. The van der Waals surface area contributed by atoms with Gasteiger partial charge in [-0.1, -0.05) is 32.9 Å². The molecule has 2 atom stereocenters. The second-order valence-electron chi connectivity index (χ2n) is 9.88. The van der Waals surface area contributed by atoms with E-state index in [1.165, 1.54) is 16.7 Å². The van der Waals surface area contributed by atoms with Gasteiger partial charge in [0.25, 0.3) is 0 Å². The molecule has 0 bridgehead atoms. The number of ether oxygens (including phenoxy) is 1. The van der Waals surface area contributed by atoms with Gasteiger partial charge in [0.2, 0.25) is 17.7 Å². The van der Waals surface area contributed by atoms with Gasteiger partial charge in [-0.2, -0.15) is 0 Å². The lowest BCUT2D eigenvalue weighted by molar-refractivity contribution is -0.128. The quantitative estimate of drug-likeness (QED) is 0.188. The average molecular weight is 564 g/mol. The fraction of sp³-hybridized carbons (Fsp3) is 0.593. The van der Waals surface area contributed by atoms with Crippen LogP contribution in [0, 0.1) is 5.92 Å². The molecule has 0 radical (unpaired) electrons. The van der Waals surface area contributed by atoms with Crippen LogP contribution in [-0.4, -0.2) is 92.0 Å². The van der Waals surface area contributed by atoms with Crippen LogP contribution in [0.5, 0.6) is 0 Å². The molecule has 224 valence electrons. The number of nitrogens with zero attached hydrogens (tertiary/aromatic N) is 2. The summed E-state index contributed by atoms with van der Waals surface area (Å²) in [4.78, 5) is 63.4. The minimum atomic E-state index is -0.833. The Labute approximate surface area is 236 Å². The number of urea groups is 1. The van der Waals surface area contributed by atoms with E-state index in [4.69, 9.17) is 10.5 Å². The summed E-state index contributed by atoms with van der Waals surface area (Å²) in [5.74, 6) is -0.753. The molecule has 13 nitrogen and oxygen atoms in total. The van der Waals surface area contributed by atoms with E-state index in [-0.39, 0.29) is 30.9 Å². The monoisotopic (exact) mass is 563 g/mol. The summed E-state index contributed by atoms with van der Waals surface area (Å²) in [6, 6.07) is 4.84. The molecular formula is C27H45N7O6. The van der Waals surface area contributed by atoms with Crippen molar-refractivity contribution in [2.75, 3.05) is 45.6 Å². The Morgan fingerprint density at radius 2 is 1.60 bits per heavy atom. The maximum atomic E-state index is 13.1. The molecule has 0 saturated carbocycles. The largest absolute Gasteiger partial charge is 0.445 e. The Bertz CT molecular complexity index is 986. The van der Waals surface area contributed by atoms with E-state index in [1.807, 2.05) is 20.8 Å². The first-order valence-corrected chi connectivity index (χ1v) is 13.4. The highest BCUT2D eigenvalue weighted by Crippen LogP contribution is 2.13. The topological polar surface area (TPSA) is 175 Å². The zero-order valence-corrected chi connectivity index (χ0v) is 24.4. The lowest BCUT2D eigenvalue weighted by atomic mass is 10.0.